The maximum Gasteiger partial charge on any atom is 0.162 e. The number of aliphatic hydroxyl groups is 1. The first-order chi connectivity index (χ1) is 17.4. The van der Waals surface area contributed by atoms with Crippen molar-refractivity contribution in [2.45, 2.75) is 53.4 Å². The van der Waals surface area contributed by atoms with Crippen molar-refractivity contribution < 1.29 is 34.4 Å². The number of para-hydroxylation sites is 1. The monoisotopic (exact) mass is 677 g/mol. The molecular formula is C31H34IrNO4-. The van der Waals surface area contributed by atoms with E-state index < -0.39 is 0 Å². The maximum absolute atomic E-state index is 12.8. The molecule has 0 amide bonds. The van der Waals surface area contributed by atoms with Crippen molar-refractivity contribution >= 4 is 27.7 Å². The predicted molar refractivity (Wildman–Crippen MR) is 146 cm³/mol. The summed E-state index contributed by atoms with van der Waals surface area (Å²) in [6.45, 7) is 8.07. The van der Waals surface area contributed by atoms with Gasteiger partial charge >= 0.3 is 0 Å². The van der Waals surface area contributed by atoms with Crippen molar-refractivity contribution in [1.82, 2.24) is 4.98 Å². The third-order valence-corrected chi connectivity index (χ3v) is 6.54. The summed E-state index contributed by atoms with van der Waals surface area (Å²) in [6.07, 6.45) is 6.61. The van der Waals surface area contributed by atoms with Gasteiger partial charge in [-0.2, -0.15) is 0 Å². The number of ketones is 1. The van der Waals surface area contributed by atoms with Crippen LogP contribution in [-0.4, -0.2) is 15.9 Å². The molecule has 2 heterocycles. The van der Waals surface area contributed by atoms with Crippen LogP contribution in [0.3, 0.4) is 0 Å². The quantitative estimate of drug-likeness (QED) is 0.0897. The van der Waals surface area contributed by atoms with Crippen molar-refractivity contribution in [2.75, 3.05) is 0 Å². The van der Waals surface area contributed by atoms with Crippen LogP contribution in [0.2, 0.25) is 0 Å². The summed E-state index contributed by atoms with van der Waals surface area (Å²) in [5, 5.41) is 10.9. The predicted octanol–water partition coefficient (Wildman–Crippen LogP) is 7.68. The van der Waals surface area contributed by atoms with Crippen LogP contribution >= 0.6 is 0 Å². The standard InChI is InChI=1S/C18H10NO2.C13H24O2.Ir/c20-18-13-6-1-2-9-15(13)21-16-10-5-7-12(17(16)18)14-8-3-4-11-19-14;1-5-10(6-2)12(14)9-13(15)11(7-3)8-4;/h1-6,8-11H;9-11,14H,5-8H2,1-4H3;/q-1;;/b;12-9-;. The zero-order valence-electron chi connectivity index (χ0n) is 21.8. The van der Waals surface area contributed by atoms with Gasteiger partial charge in [-0.05, 0) is 55.0 Å². The average molecular weight is 677 g/mol. The van der Waals surface area contributed by atoms with Gasteiger partial charge in [0.15, 0.2) is 11.2 Å². The van der Waals surface area contributed by atoms with Gasteiger partial charge in [0.25, 0.3) is 0 Å². The minimum Gasteiger partial charge on any atom is -0.512 e. The summed E-state index contributed by atoms with van der Waals surface area (Å²) >= 11 is 0. The molecule has 0 aliphatic heterocycles. The normalized spacial score (nSPS) is 11.4. The molecule has 2 aromatic carbocycles. The van der Waals surface area contributed by atoms with E-state index in [1.165, 1.54) is 6.08 Å². The number of carbonyl (C=O) groups excluding carboxylic acids is 1. The number of hydrogen-bond donors (Lipinski definition) is 1. The molecule has 2 aromatic heterocycles. The zero-order chi connectivity index (χ0) is 26.1. The van der Waals surface area contributed by atoms with E-state index in [1.54, 1.807) is 30.5 Å². The van der Waals surface area contributed by atoms with Gasteiger partial charge in [-0.25, -0.2) is 0 Å². The Balaban J connectivity index is 0.000000271. The van der Waals surface area contributed by atoms with E-state index in [0.29, 0.717) is 33.2 Å². The molecule has 197 valence electrons. The largest absolute Gasteiger partial charge is 0.512 e. The maximum atomic E-state index is 12.8. The number of carbonyl (C=O) groups is 1. The number of aliphatic hydroxyl groups excluding tert-OH is 1. The minimum absolute atomic E-state index is 0. The second-order valence-electron chi connectivity index (χ2n) is 8.73. The average Bonchev–Trinajstić information content (AvgIpc) is 2.91. The van der Waals surface area contributed by atoms with E-state index >= 15 is 0 Å². The number of aromatic nitrogens is 1. The summed E-state index contributed by atoms with van der Waals surface area (Å²) in [5.74, 6) is 0.547. The molecule has 37 heavy (non-hydrogen) atoms. The van der Waals surface area contributed by atoms with Crippen LogP contribution in [0.4, 0.5) is 0 Å². The van der Waals surface area contributed by atoms with Gasteiger partial charge < -0.3 is 14.5 Å². The Morgan fingerprint density at radius 1 is 0.946 bits per heavy atom. The molecule has 0 aliphatic rings. The number of allylic oxidation sites excluding steroid dienone is 2. The van der Waals surface area contributed by atoms with Gasteiger partial charge in [0.05, 0.1) is 16.7 Å². The Kier molecular flexibility index (Phi) is 11.9. The van der Waals surface area contributed by atoms with E-state index in [-0.39, 0.29) is 48.9 Å². The van der Waals surface area contributed by atoms with E-state index in [0.717, 1.165) is 25.7 Å². The molecule has 0 saturated heterocycles. The molecule has 5 nitrogen and oxygen atoms in total. The fourth-order valence-electron chi connectivity index (χ4n) is 4.28. The number of hydrogen-bond acceptors (Lipinski definition) is 5. The fourth-order valence-corrected chi connectivity index (χ4v) is 4.28. The second-order valence-corrected chi connectivity index (χ2v) is 8.73. The second kappa shape index (κ2) is 14.6. The van der Waals surface area contributed by atoms with E-state index in [9.17, 15) is 14.7 Å². The smallest absolute Gasteiger partial charge is 0.162 e. The van der Waals surface area contributed by atoms with Crippen molar-refractivity contribution in [1.29, 1.82) is 0 Å². The Labute approximate surface area is 232 Å². The van der Waals surface area contributed by atoms with Gasteiger partial charge in [0, 0.05) is 44.2 Å². The van der Waals surface area contributed by atoms with Crippen LogP contribution < -0.4 is 5.43 Å². The topological polar surface area (TPSA) is 80.4 Å². The third-order valence-electron chi connectivity index (χ3n) is 6.54. The molecule has 4 aromatic rings. The number of nitrogens with zero attached hydrogens (tertiary/aromatic N) is 1. The van der Waals surface area contributed by atoms with Crippen molar-refractivity contribution in [3.05, 3.63) is 88.9 Å². The Morgan fingerprint density at radius 3 is 2.22 bits per heavy atom. The van der Waals surface area contributed by atoms with E-state index in [1.807, 2.05) is 58.0 Å². The van der Waals surface area contributed by atoms with E-state index in [4.69, 9.17) is 4.42 Å². The molecular weight excluding hydrogens is 643 g/mol. The molecule has 0 fully saturated rings. The minimum atomic E-state index is -0.0515. The Bertz CT molecular complexity index is 1390. The number of fused-ring (bicyclic) bond motifs is 2. The van der Waals surface area contributed by atoms with Crippen LogP contribution in [0.5, 0.6) is 0 Å². The number of benzene rings is 2. The van der Waals surface area contributed by atoms with Crippen molar-refractivity contribution in [3.8, 4) is 11.3 Å². The van der Waals surface area contributed by atoms with Gasteiger partial charge in [0.1, 0.15) is 5.58 Å². The summed E-state index contributed by atoms with van der Waals surface area (Å²) in [6, 6.07) is 19.5. The van der Waals surface area contributed by atoms with Gasteiger partial charge in [0.2, 0.25) is 0 Å². The molecule has 0 aliphatic carbocycles. The molecule has 1 radical (unpaired) electrons. The van der Waals surface area contributed by atoms with Crippen LogP contribution in [0.1, 0.15) is 53.4 Å². The molecule has 0 unspecified atom stereocenters. The Hall–Kier alpha value is -3.08. The van der Waals surface area contributed by atoms with Crippen LogP contribution in [-0.2, 0) is 24.9 Å². The fraction of sp³-hybridized carbons (Fsp3) is 0.323. The summed E-state index contributed by atoms with van der Waals surface area (Å²) < 4.78 is 5.84. The number of rotatable bonds is 8. The molecule has 6 heteroatoms. The molecule has 0 atom stereocenters. The van der Waals surface area contributed by atoms with Crippen LogP contribution in [0.15, 0.2) is 81.8 Å². The van der Waals surface area contributed by atoms with Gasteiger partial charge in [-0.3, -0.25) is 9.59 Å². The first-order valence-electron chi connectivity index (χ1n) is 12.7. The van der Waals surface area contributed by atoms with Gasteiger partial charge in [-0.15, -0.1) is 17.7 Å². The van der Waals surface area contributed by atoms with Gasteiger partial charge in [-0.1, -0.05) is 58.0 Å². The summed E-state index contributed by atoms with van der Waals surface area (Å²) in [5.41, 5.74) is 2.48. The SMILES string of the molecule is CCC(CC)C(=O)/C=C(\O)C(CC)CC.O=c1c2ccccc2oc2cc[c-]c(-c3ccccn3)c12.[Ir]. The summed E-state index contributed by atoms with van der Waals surface area (Å²) in [4.78, 5) is 28.8. The van der Waals surface area contributed by atoms with E-state index in [2.05, 4.69) is 11.1 Å². The first-order valence-corrected chi connectivity index (χ1v) is 12.7. The molecule has 1 N–H and O–H groups in total. The van der Waals surface area contributed by atoms with Crippen molar-refractivity contribution in [2.24, 2.45) is 11.8 Å². The first kappa shape index (κ1) is 30.1. The van der Waals surface area contributed by atoms with Crippen LogP contribution in [0, 0.1) is 17.9 Å². The van der Waals surface area contributed by atoms with Crippen molar-refractivity contribution in [3.63, 3.8) is 0 Å². The summed E-state index contributed by atoms with van der Waals surface area (Å²) in [7, 11) is 0. The third kappa shape index (κ3) is 7.24. The van der Waals surface area contributed by atoms with Crippen LogP contribution in [0.25, 0.3) is 33.2 Å². The molecule has 0 bridgehead atoms. The number of pyridine rings is 1. The zero-order valence-corrected chi connectivity index (χ0v) is 24.2. The Morgan fingerprint density at radius 2 is 1.59 bits per heavy atom. The molecule has 4 rings (SSSR count). The molecule has 0 saturated carbocycles. The molecule has 0 spiro atoms.